The summed E-state index contributed by atoms with van der Waals surface area (Å²) in [6, 6.07) is 10.5. The van der Waals surface area contributed by atoms with E-state index in [2.05, 4.69) is 36.1 Å². The van der Waals surface area contributed by atoms with Gasteiger partial charge in [-0.15, -0.1) is 0 Å². The van der Waals surface area contributed by atoms with Crippen molar-refractivity contribution in [3.8, 4) is 0 Å². The second-order valence-corrected chi connectivity index (χ2v) is 5.98. The van der Waals surface area contributed by atoms with Crippen LogP contribution in [-0.4, -0.2) is 28.3 Å². The first-order valence-electron chi connectivity index (χ1n) is 7.60. The summed E-state index contributed by atoms with van der Waals surface area (Å²) in [7, 11) is 2.18. The lowest BCUT2D eigenvalue weighted by Gasteiger charge is -2.25. The van der Waals surface area contributed by atoms with Crippen LogP contribution >= 0.6 is 11.6 Å². The van der Waals surface area contributed by atoms with E-state index in [4.69, 9.17) is 11.6 Å². The average molecular weight is 306 g/mol. The highest BCUT2D eigenvalue weighted by Crippen LogP contribution is 2.22. The van der Waals surface area contributed by atoms with E-state index in [-0.39, 0.29) is 0 Å². The third-order valence-electron chi connectivity index (χ3n) is 3.95. The lowest BCUT2D eigenvalue weighted by atomic mass is 10.1. The van der Waals surface area contributed by atoms with Crippen LogP contribution in [0.1, 0.15) is 37.8 Å². The Morgan fingerprint density at radius 3 is 2.81 bits per heavy atom. The highest BCUT2D eigenvalue weighted by Gasteiger charge is 2.11. The number of nitrogens with zero attached hydrogens (tertiary/aromatic N) is 3. The molecule has 0 bridgehead atoms. The molecule has 1 aromatic heterocycles. The van der Waals surface area contributed by atoms with Crippen LogP contribution < -0.4 is 0 Å². The van der Waals surface area contributed by atoms with Crippen molar-refractivity contribution in [2.45, 2.75) is 38.8 Å². The molecule has 0 N–H and O–H groups in total. The standard InChI is InChI=1S/C17H24ClN3/c1-15(16-8-6-9-17(18)14-16)20(2)11-4-3-5-12-21-13-7-10-19-21/h6-10,13-15H,3-5,11-12H2,1-2H3. The van der Waals surface area contributed by atoms with E-state index in [1.807, 2.05) is 35.3 Å². The van der Waals surface area contributed by atoms with Gasteiger partial charge in [-0.2, -0.15) is 5.10 Å². The van der Waals surface area contributed by atoms with Crippen LogP contribution in [0.2, 0.25) is 5.02 Å². The second-order valence-electron chi connectivity index (χ2n) is 5.54. The zero-order valence-electron chi connectivity index (χ0n) is 12.9. The fourth-order valence-corrected chi connectivity index (χ4v) is 2.66. The van der Waals surface area contributed by atoms with E-state index in [0.717, 1.165) is 18.1 Å². The van der Waals surface area contributed by atoms with E-state index in [9.17, 15) is 0 Å². The molecule has 0 saturated carbocycles. The molecule has 0 spiro atoms. The first kappa shape index (κ1) is 16.1. The Bertz CT molecular complexity index is 525. The number of unbranched alkanes of at least 4 members (excludes halogenated alkanes) is 2. The molecule has 0 fully saturated rings. The number of halogens is 1. The number of hydrogen-bond donors (Lipinski definition) is 0. The molecule has 2 aromatic rings. The number of benzene rings is 1. The summed E-state index contributed by atoms with van der Waals surface area (Å²) in [5.41, 5.74) is 1.28. The second kappa shape index (κ2) is 8.20. The molecule has 0 saturated heterocycles. The SMILES string of the molecule is CC(c1cccc(Cl)c1)N(C)CCCCCn1cccn1. The van der Waals surface area contributed by atoms with Crippen molar-refractivity contribution in [3.05, 3.63) is 53.3 Å². The molecule has 0 aliphatic heterocycles. The molecule has 3 nitrogen and oxygen atoms in total. The van der Waals surface area contributed by atoms with Crippen LogP contribution in [0.5, 0.6) is 0 Å². The molecule has 0 aliphatic rings. The predicted molar refractivity (Wildman–Crippen MR) is 88.6 cm³/mol. The van der Waals surface area contributed by atoms with Crippen LogP contribution in [0.3, 0.4) is 0 Å². The molecule has 0 radical (unpaired) electrons. The highest BCUT2D eigenvalue weighted by molar-refractivity contribution is 6.30. The Hall–Kier alpha value is -1.32. The molecular weight excluding hydrogens is 282 g/mol. The quantitative estimate of drug-likeness (QED) is 0.674. The maximum Gasteiger partial charge on any atom is 0.0489 e. The van der Waals surface area contributed by atoms with Gasteiger partial charge < -0.3 is 0 Å². The first-order chi connectivity index (χ1) is 10.2. The van der Waals surface area contributed by atoms with Crippen molar-refractivity contribution in [1.82, 2.24) is 14.7 Å². The molecule has 114 valence electrons. The summed E-state index contributed by atoms with van der Waals surface area (Å²) in [5.74, 6) is 0. The molecule has 1 atom stereocenters. The lowest BCUT2D eigenvalue weighted by Crippen LogP contribution is -2.23. The monoisotopic (exact) mass is 305 g/mol. The summed E-state index contributed by atoms with van der Waals surface area (Å²) >= 11 is 6.06. The topological polar surface area (TPSA) is 21.1 Å². The molecule has 0 aliphatic carbocycles. The molecule has 1 unspecified atom stereocenters. The predicted octanol–water partition coefficient (Wildman–Crippen LogP) is 4.40. The Morgan fingerprint density at radius 1 is 1.24 bits per heavy atom. The van der Waals surface area contributed by atoms with Gasteiger partial charge in [0.25, 0.3) is 0 Å². The minimum absolute atomic E-state index is 0.398. The van der Waals surface area contributed by atoms with Gasteiger partial charge in [0, 0.05) is 30.0 Å². The van der Waals surface area contributed by atoms with Gasteiger partial charge in [-0.1, -0.05) is 30.2 Å². The molecule has 1 heterocycles. The van der Waals surface area contributed by atoms with Crippen LogP contribution in [0.25, 0.3) is 0 Å². The van der Waals surface area contributed by atoms with Gasteiger partial charge in [0.05, 0.1) is 0 Å². The van der Waals surface area contributed by atoms with Crippen LogP contribution in [0, 0.1) is 0 Å². The molecule has 1 aromatic carbocycles. The fraction of sp³-hybridized carbons (Fsp3) is 0.471. The average Bonchev–Trinajstić information content (AvgIpc) is 2.99. The maximum atomic E-state index is 6.06. The van der Waals surface area contributed by atoms with Crippen molar-refractivity contribution in [2.24, 2.45) is 0 Å². The largest absolute Gasteiger partial charge is 0.300 e. The Kier molecular flexibility index (Phi) is 6.27. The molecular formula is C17H24ClN3. The van der Waals surface area contributed by atoms with Gasteiger partial charge in [0.2, 0.25) is 0 Å². The van der Waals surface area contributed by atoms with E-state index < -0.39 is 0 Å². The van der Waals surface area contributed by atoms with Crippen molar-refractivity contribution < 1.29 is 0 Å². The number of rotatable bonds is 8. The van der Waals surface area contributed by atoms with Crippen LogP contribution in [0.4, 0.5) is 0 Å². The lowest BCUT2D eigenvalue weighted by molar-refractivity contribution is 0.254. The third kappa shape index (κ3) is 5.18. The molecule has 21 heavy (non-hydrogen) atoms. The van der Waals surface area contributed by atoms with Crippen molar-refractivity contribution in [3.63, 3.8) is 0 Å². The maximum absolute atomic E-state index is 6.06. The van der Waals surface area contributed by atoms with E-state index in [1.54, 1.807) is 0 Å². The molecule has 4 heteroatoms. The normalized spacial score (nSPS) is 12.8. The van der Waals surface area contributed by atoms with Gasteiger partial charge in [0.15, 0.2) is 0 Å². The highest BCUT2D eigenvalue weighted by atomic mass is 35.5. The summed E-state index contributed by atoms with van der Waals surface area (Å²) in [6.07, 6.45) is 7.48. The summed E-state index contributed by atoms with van der Waals surface area (Å²) in [5, 5.41) is 5.03. The van der Waals surface area contributed by atoms with Crippen LogP contribution in [-0.2, 0) is 6.54 Å². The van der Waals surface area contributed by atoms with Gasteiger partial charge in [-0.05, 0) is 57.1 Å². The smallest absolute Gasteiger partial charge is 0.0489 e. The number of aryl methyl sites for hydroxylation is 1. The zero-order valence-corrected chi connectivity index (χ0v) is 13.6. The van der Waals surface area contributed by atoms with Gasteiger partial charge in [-0.3, -0.25) is 9.58 Å². The Morgan fingerprint density at radius 2 is 2.10 bits per heavy atom. The van der Waals surface area contributed by atoms with Gasteiger partial charge >= 0.3 is 0 Å². The van der Waals surface area contributed by atoms with E-state index >= 15 is 0 Å². The van der Waals surface area contributed by atoms with Gasteiger partial charge in [-0.25, -0.2) is 0 Å². The van der Waals surface area contributed by atoms with Gasteiger partial charge in [0.1, 0.15) is 0 Å². The molecule has 0 amide bonds. The third-order valence-corrected chi connectivity index (χ3v) is 4.18. The zero-order chi connectivity index (χ0) is 15.1. The Labute approximate surface area is 132 Å². The van der Waals surface area contributed by atoms with Crippen molar-refractivity contribution in [2.75, 3.05) is 13.6 Å². The number of hydrogen-bond acceptors (Lipinski definition) is 2. The first-order valence-corrected chi connectivity index (χ1v) is 7.98. The summed E-state index contributed by atoms with van der Waals surface area (Å²) < 4.78 is 2.00. The minimum atomic E-state index is 0.398. The summed E-state index contributed by atoms with van der Waals surface area (Å²) in [4.78, 5) is 2.39. The van der Waals surface area contributed by atoms with E-state index in [0.29, 0.717) is 6.04 Å². The fourth-order valence-electron chi connectivity index (χ4n) is 2.46. The Balaban J connectivity index is 1.68. The van der Waals surface area contributed by atoms with Crippen molar-refractivity contribution >= 4 is 11.6 Å². The van der Waals surface area contributed by atoms with E-state index in [1.165, 1.54) is 24.8 Å². The summed E-state index contributed by atoms with van der Waals surface area (Å²) in [6.45, 7) is 4.35. The van der Waals surface area contributed by atoms with Crippen molar-refractivity contribution in [1.29, 1.82) is 0 Å². The minimum Gasteiger partial charge on any atom is -0.300 e. The number of aromatic nitrogens is 2. The van der Waals surface area contributed by atoms with Crippen LogP contribution in [0.15, 0.2) is 42.7 Å². The molecule has 2 rings (SSSR count).